The molecule has 4 aromatic carbocycles. The predicted octanol–water partition coefficient (Wildman–Crippen LogP) is 6.48. The second-order valence-electron chi connectivity index (χ2n) is 5.31. The molecule has 0 spiro atoms. The molecule has 106 valence electrons. The van der Waals surface area contributed by atoms with Crippen molar-refractivity contribution in [3.8, 4) is 0 Å². The highest BCUT2D eigenvalue weighted by Gasteiger charge is 2.09. The summed E-state index contributed by atoms with van der Waals surface area (Å²) in [5.41, 5.74) is 2.41. The minimum absolute atomic E-state index is 1.19. The van der Waals surface area contributed by atoms with E-state index in [4.69, 9.17) is 0 Å². The van der Waals surface area contributed by atoms with Crippen molar-refractivity contribution in [3.05, 3.63) is 84.9 Å². The smallest absolute Gasteiger partial charge is 0.0646 e. The third kappa shape index (κ3) is 2.33. The van der Waals surface area contributed by atoms with Gasteiger partial charge in [0, 0.05) is 5.39 Å². The van der Waals surface area contributed by atoms with Gasteiger partial charge in [-0.05, 0) is 34.4 Å². The Bertz CT molecular complexity index is 956. The van der Waals surface area contributed by atoms with Gasteiger partial charge in [0.1, 0.15) is 0 Å². The van der Waals surface area contributed by atoms with Crippen LogP contribution in [0, 0.1) is 0 Å². The van der Waals surface area contributed by atoms with Gasteiger partial charge in [-0.3, -0.25) is 3.11 Å². The minimum atomic E-state index is 1.19. The van der Waals surface area contributed by atoms with Crippen LogP contribution in [-0.2, 0) is 0 Å². The van der Waals surface area contributed by atoms with Crippen molar-refractivity contribution >= 4 is 55.8 Å². The monoisotopic (exact) mass is 395 g/mol. The van der Waals surface area contributed by atoms with Crippen LogP contribution in [0.1, 0.15) is 0 Å². The lowest BCUT2D eigenvalue weighted by Crippen LogP contribution is -2.01. The van der Waals surface area contributed by atoms with E-state index in [0.717, 1.165) is 0 Å². The summed E-state index contributed by atoms with van der Waals surface area (Å²) in [5, 5.41) is 5.07. The molecule has 0 bridgehead atoms. The molecule has 0 aliphatic rings. The van der Waals surface area contributed by atoms with Crippen molar-refractivity contribution in [3.63, 3.8) is 0 Å². The fourth-order valence-electron chi connectivity index (χ4n) is 2.82. The Morgan fingerprint density at radius 3 is 2.14 bits per heavy atom. The van der Waals surface area contributed by atoms with Gasteiger partial charge in [0.15, 0.2) is 0 Å². The van der Waals surface area contributed by atoms with E-state index < -0.39 is 0 Å². The van der Waals surface area contributed by atoms with Gasteiger partial charge in [-0.1, -0.05) is 66.7 Å². The van der Waals surface area contributed by atoms with Crippen molar-refractivity contribution in [1.82, 2.24) is 0 Å². The van der Waals surface area contributed by atoms with E-state index >= 15 is 0 Å². The van der Waals surface area contributed by atoms with Crippen LogP contribution >= 0.6 is 22.9 Å². The number of hydrogen-bond donors (Lipinski definition) is 0. The van der Waals surface area contributed by atoms with E-state index in [0.29, 0.717) is 0 Å². The molecule has 0 aromatic heterocycles. The lowest BCUT2D eigenvalue weighted by molar-refractivity contribution is 1.51. The average molecular weight is 395 g/mol. The lowest BCUT2D eigenvalue weighted by atomic mass is 10.1. The van der Waals surface area contributed by atoms with E-state index in [9.17, 15) is 0 Å². The van der Waals surface area contributed by atoms with Crippen LogP contribution in [-0.4, -0.2) is 0 Å². The molecule has 4 rings (SSSR count). The third-order valence-corrected chi connectivity index (χ3v) is 5.01. The second-order valence-corrected chi connectivity index (χ2v) is 6.28. The summed E-state index contributed by atoms with van der Waals surface area (Å²) >= 11 is 2.39. The highest BCUT2D eigenvalue weighted by Crippen LogP contribution is 2.36. The Hall–Kier alpha value is -2.07. The van der Waals surface area contributed by atoms with E-state index in [2.05, 4.69) is 111 Å². The summed E-state index contributed by atoms with van der Waals surface area (Å²) in [5.74, 6) is 0. The summed E-state index contributed by atoms with van der Waals surface area (Å²) in [6, 6.07) is 30.0. The van der Waals surface area contributed by atoms with Crippen LogP contribution in [0.5, 0.6) is 0 Å². The van der Waals surface area contributed by atoms with Crippen LogP contribution in [0.4, 0.5) is 11.4 Å². The van der Waals surface area contributed by atoms with Gasteiger partial charge in [0.05, 0.1) is 34.2 Å². The number of rotatable bonds is 2. The number of fused-ring (bicyclic) bond motifs is 2. The van der Waals surface area contributed by atoms with Gasteiger partial charge in [-0.15, -0.1) is 0 Å². The quantitative estimate of drug-likeness (QED) is 0.277. The van der Waals surface area contributed by atoms with Crippen molar-refractivity contribution < 1.29 is 0 Å². The van der Waals surface area contributed by atoms with E-state index in [1.807, 2.05) is 0 Å². The number of anilines is 2. The molecule has 0 aliphatic heterocycles. The molecule has 4 aromatic rings. The molecular weight excluding hydrogens is 381 g/mol. The van der Waals surface area contributed by atoms with Gasteiger partial charge in [-0.2, -0.15) is 0 Å². The first-order chi connectivity index (χ1) is 10.8. The Morgan fingerprint density at radius 2 is 1.27 bits per heavy atom. The highest BCUT2D eigenvalue weighted by atomic mass is 127. The molecule has 0 heterocycles. The second kappa shape index (κ2) is 5.61. The SMILES string of the molecule is IN(c1ccc2ccccc2c1)c1cccc2ccccc12. The molecule has 0 aliphatic carbocycles. The normalized spacial score (nSPS) is 11.0. The number of nitrogens with zero attached hydrogens (tertiary/aromatic N) is 1. The van der Waals surface area contributed by atoms with Gasteiger partial charge in [-0.25, -0.2) is 0 Å². The molecule has 0 saturated heterocycles. The van der Waals surface area contributed by atoms with Crippen molar-refractivity contribution in [2.24, 2.45) is 0 Å². The van der Waals surface area contributed by atoms with E-state index in [-0.39, 0.29) is 0 Å². The van der Waals surface area contributed by atoms with E-state index in [1.165, 1.54) is 32.9 Å². The van der Waals surface area contributed by atoms with Gasteiger partial charge >= 0.3 is 0 Å². The third-order valence-electron chi connectivity index (χ3n) is 3.94. The Morgan fingerprint density at radius 1 is 0.591 bits per heavy atom. The molecule has 1 nitrogen and oxygen atoms in total. The van der Waals surface area contributed by atoms with Crippen LogP contribution < -0.4 is 3.11 Å². The maximum atomic E-state index is 2.39. The molecule has 0 atom stereocenters. The van der Waals surface area contributed by atoms with Gasteiger partial charge in [0.25, 0.3) is 0 Å². The van der Waals surface area contributed by atoms with Crippen molar-refractivity contribution in [2.75, 3.05) is 3.11 Å². The molecule has 0 saturated carbocycles. The zero-order valence-electron chi connectivity index (χ0n) is 11.9. The van der Waals surface area contributed by atoms with Gasteiger partial charge in [0.2, 0.25) is 0 Å². The molecule has 0 amide bonds. The minimum Gasteiger partial charge on any atom is -0.282 e. The largest absolute Gasteiger partial charge is 0.282 e. The lowest BCUT2D eigenvalue weighted by Gasteiger charge is -2.19. The van der Waals surface area contributed by atoms with E-state index in [1.54, 1.807) is 0 Å². The number of halogens is 1. The number of benzene rings is 4. The molecule has 22 heavy (non-hydrogen) atoms. The predicted molar refractivity (Wildman–Crippen MR) is 104 cm³/mol. The van der Waals surface area contributed by atoms with Crippen LogP contribution in [0.15, 0.2) is 84.9 Å². The molecule has 0 N–H and O–H groups in total. The summed E-state index contributed by atoms with van der Waals surface area (Å²) in [7, 11) is 0. The van der Waals surface area contributed by atoms with Crippen molar-refractivity contribution in [2.45, 2.75) is 0 Å². The molecular formula is C20H14IN. The fourth-order valence-corrected chi connectivity index (χ4v) is 3.54. The Balaban J connectivity index is 1.86. The first-order valence-corrected chi connectivity index (χ1v) is 8.22. The maximum Gasteiger partial charge on any atom is 0.0646 e. The van der Waals surface area contributed by atoms with Crippen LogP contribution in [0.3, 0.4) is 0 Å². The molecule has 2 heteroatoms. The summed E-state index contributed by atoms with van der Waals surface area (Å²) in [4.78, 5) is 0. The van der Waals surface area contributed by atoms with Crippen LogP contribution in [0.25, 0.3) is 21.5 Å². The standard InChI is InChI=1S/C20H14IN/c21-22(18-13-12-15-6-1-2-8-17(15)14-18)20-11-5-9-16-7-3-4-10-19(16)20/h1-14H. The topological polar surface area (TPSA) is 3.24 Å². The fraction of sp³-hybridized carbons (Fsp3) is 0. The molecule has 0 radical (unpaired) electrons. The first kappa shape index (κ1) is 13.6. The molecule has 0 fully saturated rings. The number of hydrogen-bond acceptors (Lipinski definition) is 1. The highest BCUT2D eigenvalue weighted by molar-refractivity contribution is 14.1. The van der Waals surface area contributed by atoms with Gasteiger partial charge < -0.3 is 0 Å². The van der Waals surface area contributed by atoms with Crippen LogP contribution in [0.2, 0.25) is 0 Å². The summed E-state index contributed by atoms with van der Waals surface area (Å²) in [6.07, 6.45) is 0. The van der Waals surface area contributed by atoms with Crippen molar-refractivity contribution in [1.29, 1.82) is 0 Å². The summed E-state index contributed by atoms with van der Waals surface area (Å²) < 4.78 is 2.23. The Labute approximate surface area is 143 Å². The first-order valence-electron chi connectivity index (χ1n) is 7.25. The maximum absolute atomic E-state index is 2.39. The zero-order valence-corrected chi connectivity index (χ0v) is 14.1. The Kier molecular flexibility index (Phi) is 3.47. The average Bonchev–Trinajstić information content (AvgIpc) is 2.60. The zero-order chi connectivity index (χ0) is 14.9. The molecule has 0 unspecified atom stereocenters. The summed E-state index contributed by atoms with van der Waals surface area (Å²) in [6.45, 7) is 0.